The van der Waals surface area contributed by atoms with Crippen molar-refractivity contribution in [1.82, 2.24) is 15.2 Å². The highest BCUT2D eigenvalue weighted by Gasteiger charge is 2.08. The molecule has 0 spiro atoms. The molecule has 0 amide bonds. The summed E-state index contributed by atoms with van der Waals surface area (Å²) in [6.45, 7) is 1.71. The molecule has 86 valence electrons. The van der Waals surface area contributed by atoms with Crippen molar-refractivity contribution in [1.29, 1.82) is 0 Å². The number of hydrogen-bond donors (Lipinski definition) is 1. The fraction of sp³-hybridized carbons (Fsp3) is 0.182. The summed E-state index contributed by atoms with van der Waals surface area (Å²) in [4.78, 5) is 14.8. The van der Waals surface area contributed by atoms with E-state index >= 15 is 0 Å². The number of carbonyl (C=O) groups is 1. The maximum atomic E-state index is 10.5. The van der Waals surface area contributed by atoms with Crippen LogP contribution in [0.4, 0.5) is 0 Å². The second-order valence-corrected chi connectivity index (χ2v) is 3.54. The lowest BCUT2D eigenvalue weighted by atomic mass is 10.2. The Hall–Kier alpha value is -2.37. The number of aromatic nitrogens is 4. The molecule has 0 aliphatic carbocycles. The van der Waals surface area contributed by atoms with Crippen LogP contribution in [0.2, 0.25) is 0 Å². The molecule has 0 aromatic carbocycles. The lowest BCUT2D eigenvalue weighted by Crippen LogP contribution is -2.36. The van der Waals surface area contributed by atoms with Crippen molar-refractivity contribution in [3.05, 3.63) is 36.5 Å². The van der Waals surface area contributed by atoms with Crippen LogP contribution in [-0.2, 0) is 11.3 Å². The van der Waals surface area contributed by atoms with Gasteiger partial charge in [0.25, 0.3) is 0 Å². The van der Waals surface area contributed by atoms with Crippen LogP contribution in [0, 0.1) is 6.92 Å². The summed E-state index contributed by atoms with van der Waals surface area (Å²) in [5.74, 6) is -0.271. The molecule has 0 aliphatic heterocycles. The van der Waals surface area contributed by atoms with E-state index in [-0.39, 0.29) is 6.54 Å². The molecular formula is C11H11N4O2+. The smallest absolute Gasteiger partial charge is 0.370 e. The van der Waals surface area contributed by atoms with Crippen LogP contribution < -0.4 is 4.57 Å². The van der Waals surface area contributed by atoms with Gasteiger partial charge in [-0.25, -0.2) is 9.78 Å². The summed E-state index contributed by atoms with van der Waals surface area (Å²) < 4.78 is 1.58. The Labute approximate surface area is 97.6 Å². The van der Waals surface area contributed by atoms with Crippen LogP contribution >= 0.6 is 0 Å². The fourth-order valence-electron chi connectivity index (χ4n) is 1.42. The summed E-state index contributed by atoms with van der Waals surface area (Å²) in [5.41, 5.74) is 1.60. The minimum Gasteiger partial charge on any atom is -0.477 e. The van der Waals surface area contributed by atoms with Gasteiger partial charge in [-0.2, -0.15) is 9.67 Å². The van der Waals surface area contributed by atoms with E-state index < -0.39 is 5.97 Å². The summed E-state index contributed by atoms with van der Waals surface area (Å²) in [6.07, 6.45) is 4.96. The molecule has 2 heterocycles. The van der Waals surface area contributed by atoms with Crippen LogP contribution in [0.25, 0.3) is 11.3 Å². The van der Waals surface area contributed by atoms with Gasteiger partial charge in [0.1, 0.15) is 5.82 Å². The number of carboxylic acid groups (broad SMARTS) is 1. The van der Waals surface area contributed by atoms with Crippen molar-refractivity contribution < 1.29 is 14.5 Å². The SMILES string of the molecule is Cc1nncc(-c2cc[n+](CC(=O)O)cc2)n1. The Bertz CT molecular complexity index is 539. The van der Waals surface area contributed by atoms with Gasteiger partial charge in [-0.3, -0.25) is 0 Å². The molecule has 1 N–H and O–H groups in total. The third-order valence-corrected chi connectivity index (χ3v) is 2.17. The van der Waals surface area contributed by atoms with E-state index in [4.69, 9.17) is 5.11 Å². The molecule has 0 saturated heterocycles. The fourth-order valence-corrected chi connectivity index (χ4v) is 1.42. The molecule has 0 radical (unpaired) electrons. The molecule has 2 rings (SSSR count). The molecule has 0 saturated carbocycles. The van der Waals surface area contributed by atoms with Crippen molar-refractivity contribution in [3.8, 4) is 11.3 Å². The maximum absolute atomic E-state index is 10.5. The molecule has 17 heavy (non-hydrogen) atoms. The maximum Gasteiger partial charge on any atom is 0.370 e. The van der Waals surface area contributed by atoms with E-state index in [9.17, 15) is 4.79 Å². The van der Waals surface area contributed by atoms with E-state index in [1.54, 1.807) is 42.2 Å². The van der Waals surface area contributed by atoms with Crippen molar-refractivity contribution in [2.45, 2.75) is 13.5 Å². The van der Waals surface area contributed by atoms with E-state index in [1.807, 2.05) is 0 Å². The molecule has 0 atom stereocenters. The number of rotatable bonds is 3. The zero-order valence-corrected chi connectivity index (χ0v) is 9.24. The molecule has 0 unspecified atom stereocenters. The zero-order valence-electron chi connectivity index (χ0n) is 9.24. The predicted molar refractivity (Wildman–Crippen MR) is 57.8 cm³/mol. The molecule has 0 bridgehead atoms. The summed E-state index contributed by atoms with van der Waals surface area (Å²) in [7, 11) is 0. The Kier molecular flexibility index (Phi) is 3.04. The van der Waals surface area contributed by atoms with Gasteiger partial charge in [-0.1, -0.05) is 0 Å². The Morgan fingerprint density at radius 3 is 2.71 bits per heavy atom. The van der Waals surface area contributed by atoms with Gasteiger partial charge < -0.3 is 5.11 Å². The molecular weight excluding hydrogens is 220 g/mol. The van der Waals surface area contributed by atoms with Gasteiger partial charge >= 0.3 is 5.97 Å². The van der Waals surface area contributed by atoms with Gasteiger partial charge in [-0.05, 0) is 6.92 Å². The van der Waals surface area contributed by atoms with Crippen LogP contribution in [0.1, 0.15) is 5.82 Å². The van der Waals surface area contributed by atoms with Gasteiger partial charge in [0.15, 0.2) is 12.4 Å². The third-order valence-electron chi connectivity index (χ3n) is 2.17. The van der Waals surface area contributed by atoms with E-state index in [2.05, 4.69) is 15.2 Å². The number of hydrogen-bond acceptors (Lipinski definition) is 4. The number of pyridine rings is 1. The van der Waals surface area contributed by atoms with Gasteiger partial charge in [0.2, 0.25) is 6.54 Å². The second kappa shape index (κ2) is 4.65. The van der Waals surface area contributed by atoms with E-state index in [0.29, 0.717) is 5.82 Å². The van der Waals surface area contributed by atoms with Gasteiger partial charge in [0.05, 0.1) is 11.9 Å². The molecule has 2 aromatic heterocycles. The Morgan fingerprint density at radius 1 is 1.41 bits per heavy atom. The largest absolute Gasteiger partial charge is 0.477 e. The standard InChI is InChI=1S/C11H10N4O2/c1-8-13-10(6-12-14-8)9-2-4-15(5-3-9)7-11(16)17/h2-6H,7H2,1H3/p+1. The quantitative estimate of drug-likeness (QED) is 0.764. The van der Waals surface area contributed by atoms with Gasteiger partial charge in [-0.15, -0.1) is 5.10 Å². The first-order valence-corrected chi connectivity index (χ1v) is 5.03. The summed E-state index contributed by atoms with van der Waals surface area (Å²) in [5, 5.41) is 16.2. The van der Waals surface area contributed by atoms with Crippen molar-refractivity contribution in [2.24, 2.45) is 0 Å². The molecule has 6 nitrogen and oxygen atoms in total. The average Bonchev–Trinajstić information content (AvgIpc) is 2.29. The normalized spacial score (nSPS) is 10.2. The van der Waals surface area contributed by atoms with Crippen LogP contribution in [0.5, 0.6) is 0 Å². The van der Waals surface area contributed by atoms with E-state index in [0.717, 1.165) is 11.3 Å². The Morgan fingerprint density at radius 2 is 2.12 bits per heavy atom. The van der Waals surface area contributed by atoms with Crippen LogP contribution in [-0.4, -0.2) is 26.3 Å². The number of aliphatic carboxylic acids is 1. The van der Waals surface area contributed by atoms with Crippen molar-refractivity contribution in [2.75, 3.05) is 0 Å². The predicted octanol–water partition coefficient (Wildman–Crippen LogP) is 0.219. The average molecular weight is 231 g/mol. The summed E-state index contributed by atoms with van der Waals surface area (Å²) in [6, 6.07) is 3.60. The minimum absolute atomic E-state index is 0.0542. The number of carboxylic acids is 1. The van der Waals surface area contributed by atoms with Crippen LogP contribution in [0.3, 0.4) is 0 Å². The molecule has 2 aromatic rings. The van der Waals surface area contributed by atoms with Crippen LogP contribution in [0.15, 0.2) is 30.7 Å². The molecule has 6 heteroatoms. The monoisotopic (exact) mass is 231 g/mol. The number of nitrogens with zero attached hydrogens (tertiary/aromatic N) is 4. The lowest BCUT2D eigenvalue weighted by Gasteiger charge is -1.99. The highest BCUT2D eigenvalue weighted by molar-refractivity contribution is 5.64. The topological polar surface area (TPSA) is 79.9 Å². The zero-order chi connectivity index (χ0) is 12.3. The Balaban J connectivity index is 2.26. The first-order chi connectivity index (χ1) is 8.15. The highest BCUT2D eigenvalue weighted by atomic mass is 16.4. The second-order valence-electron chi connectivity index (χ2n) is 3.54. The minimum atomic E-state index is -0.873. The lowest BCUT2D eigenvalue weighted by molar-refractivity contribution is -0.685. The molecule has 0 aliphatic rings. The third kappa shape index (κ3) is 2.81. The number of aryl methyl sites for hydroxylation is 1. The first kappa shape index (κ1) is 11.1. The summed E-state index contributed by atoms with van der Waals surface area (Å²) >= 11 is 0. The van der Waals surface area contributed by atoms with Crippen molar-refractivity contribution >= 4 is 5.97 Å². The highest BCUT2D eigenvalue weighted by Crippen LogP contribution is 2.12. The molecule has 0 fully saturated rings. The first-order valence-electron chi connectivity index (χ1n) is 5.03. The van der Waals surface area contributed by atoms with Gasteiger partial charge in [0, 0.05) is 17.7 Å². The van der Waals surface area contributed by atoms with E-state index in [1.165, 1.54) is 0 Å². The van der Waals surface area contributed by atoms with Crippen molar-refractivity contribution in [3.63, 3.8) is 0 Å².